The minimum atomic E-state index is -3.62. The van der Waals surface area contributed by atoms with Gasteiger partial charge in [0, 0.05) is 31.9 Å². The molecule has 1 saturated heterocycles. The van der Waals surface area contributed by atoms with Crippen molar-refractivity contribution in [3.05, 3.63) is 53.1 Å². The molecule has 0 radical (unpaired) electrons. The first-order valence-corrected chi connectivity index (χ1v) is 10.2. The fourth-order valence-corrected chi connectivity index (χ4v) is 4.84. The van der Waals surface area contributed by atoms with Crippen molar-refractivity contribution < 1.29 is 13.2 Å². The molecular formula is C20H23N3O3S. The summed E-state index contributed by atoms with van der Waals surface area (Å²) in [6.45, 7) is 5.83. The number of hydrogen-bond donors (Lipinski definition) is 0. The number of anilines is 1. The maximum absolute atomic E-state index is 13.1. The Morgan fingerprint density at radius 2 is 1.59 bits per heavy atom. The average molecular weight is 385 g/mol. The summed E-state index contributed by atoms with van der Waals surface area (Å²) in [4.78, 5) is 2.35. The van der Waals surface area contributed by atoms with Crippen LogP contribution in [0.5, 0.6) is 5.75 Å². The largest absolute Gasteiger partial charge is 0.495 e. The molecule has 0 amide bonds. The lowest BCUT2D eigenvalue weighted by atomic mass is 10.1. The van der Waals surface area contributed by atoms with Gasteiger partial charge in [-0.05, 0) is 61.4 Å². The van der Waals surface area contributed by atoms with Gasteiger partial charge in [-0.1, -0.05) is 0 Å². The van der Waals surface area contributed by atoms with Crippen LogP contribution in [-0.4, -0.2) is 46.0 Å². The van der Waals surface area contributed by atoms with Gasteiger partial charge in [0.25, 0.3) is 0 Å². The number of nitrogens with zero attached hydrogens (tertiary/aromatic N) is 3. The van der Waals surface area contributed by atoms with E-state index >= 15 is 0 Å². The molecule has 1 heterocycles. The molecule has 1 aliphatic rings. The fourth-order valence-electron chi connectivity index (χ4n) is 3.20. The number of nitriles is 1. The second-order valence-corrected chi connectivity index (χ2v) is 8.54. The maximum Gasteiger partial charge on any atom is 0.246 e. The van der Waals surface area contributed by atoms with E-state index in [4.69, 9.17) is 10.00 Å². The lowest BCUT2D eigenvalue weighted by Crippen LogP contribution is -2.48. The zero-order valence-electron chi connectivity index (χ0n) is 15.8. The van der Waals surface area contributed by atoms with Crippen molar-refractivity contribution >= 4 is 15.7 Å². The number of ether oxygens (including phenoxy) is 1. The Morgan fingerprint density at radius 1 is 1.00 bits per heavy atom. The van der Waals surface area contributed by atoms with Crippen LogP contribution >= 0.6 is 0 Å². The Hall–Kier alpha value is -2.56. The number of benzene rings is 2. The summed E-state index contributed by atoms with van der Waals surface area (Å²) >= 11 is 0. The van der Waals surface area contributed by atoms with E-state index in [1.807, 2.05) is 26.0 Å². The number of aryl methyl sites for hydroxylation is 2. The van der Waals surface area contributed by atoms with Crippen LogP contribution in [0.1, 0.15) is 16.7 Å². The molecule has 2 aromatic rings. The Bertz CT molecular complexity index is 971. The van der Waals surface area contributed by atoms with Crippen LogP contribution in [0.25, 0.3) is 0 Å². The number of piperazine rings is 1. The standard InChI is InChI=1S/C20H23N3O3S/c1-15-12-19(26-3)20(13-16(15)2)27(24,25)23-10-8-22(9-11-23)18-6-4-17(14-21)5-7-18/h4-7,12-13H,8-11H2,1-3H3. The van der Waals surface area contributed by atoms with Crippen LogP contribution in [0.3, 0.4) is 0 Å². The minimum absolute atomic E-state index is 0.222. The first kappa shape index (κ1) is 19.2. The Kier molecular flexibility index (Phi) is 5.40. The van der Waals surface area contributed by atoms with Gasteiger partial charge in [0.1, 0.15) is 10.6 Å². The molecule has 1 fully saturated rings. The minimum Gasteiger partial charge on any atom is -0.495 e. The fraction of sp³-hybridized carbons (Fsp3) is 0.350. The average Bonchev–Trinajstić information content (AvgIpc) is 2.69. The van der Waals surface area contributed by atoms with Gasteiger partial charge >= 0.3 is 0 Å². The highest BCUT2D eigenvalue weighted by Crippen LogP contribution is 2.30. The van der Waals surface area contributed by atoms with Gasteiger partial charge in [-0.2, -0.15) is 9.57 Å². The predicted octanol–water partition coefficient (Wildman–Crippen LogP) is 2.69. The van der Waals surface area contributed by atoms with Gasteiger partial charge in [-0.25, -0.2) is 8.42 Å². The third-order valence-electron chi connectivity index (χ3n) is 5.00. The van der Waals surface area contributed by atoms with Crippen LogP contribution in [0, 0.1) is 25.2 Å². The molecule has 0 aliphatic carbocycles. The molecule has 0 atom stereocenters. The molecule has 7 heteroatoms. The van der Waals surface area contributed by atoms with Gasteiger partial charge in [-0.15, -0.1) is 0 Å². The van der Waals surface area contributed by atoms with Crippen LogP contribution in [0.15, 0.2) is 41.3 Å². The lowest BCUT2D eigenvalue weighted by Gasteiger charge is -2.35. The zero-order valence-corrected chi connectivity index (χ0v) is 16.6. The van der Waals surface area contributed by atoms with Crippen molar-refractivity contribution in [2.45, 2.75) is 18.7 Å². The Labute approximate surface area is 160 Å². The second kappa shape index (κ2) is 7.59. The SMILES string of the molecule is COc1cc(C)c(C)cc1S(=O)(=O)N1CCN(c2ccc(C#N)cc2)CC1. The first-order chi connectivity index (χ1) is 12.9. The van der Waals surface area contributed by atoms with E-state index in [9.17, 15) is 8.42 Å². The van der Waals surface area contributed by atoms with Crippen molar-refractivity contribution in [1.29, 1.82) is 5.26 Å². The Balaban J connectivity index is 1.79. The summed E-state index contributed by atoms with van der Waals surface area (Å²) in [6.07, 6.45) is 0. The molecule has 0 unspecified atom stereocenters. The summed E-state index contributed by atoms with van der Waals surface area (Å²) in [7, 11) is -2.13. The van der Waals surface area contributed by atoms with Crippen molar-refractivity contribution in [3.63, 3.8) is 0 Å². The van der Waals surface area contributed by atoms with Crippen LogP contribution in [0.4, 0.5) is 5.69 Å². The number of rotatable bonds is 4. The second-order valence-electron chi connectivity index (χ2n) is 6.64. The number of methoxy groups -OCH3 is 1. The summed E-state index contributed by atoms with van der Waals surface area (Å²) < 4.78 is 33.1. The molecule has 0 bridgehead atoms. The highest BCUT2D eigenvalue weighted by Gasteiger charge is 2.31. The third-order valence-corrected chi connectivity index (χ3v) is 6.92. The van der Waals surface area contributed by atoms with Crippen molar-refractivity contribution in [2.75, 3.05) is 38.2 Å². The first-order valence-electron chi connectivity index (χ1n) is 8.77. The molecular weight excluding hydrogens is 362 g/mol. The smallest absolute Gasteiger partial charge is 0.246 e. The zero-order chi connectivity index (χ0) is 19.6. The van der Waals surface area contributed by atoms with Gasteiger partial charge in [0.15, 0.2) is 0 Å². The van der Waals surface area contributed by atoms with E-state index in [1.165, 1.54) is 11.4 Å². The van der Waals surface area contributed by atoms with Gasteiger partial charge < -0.3 is 9.64 Å². The molecule has 2 aromatic carbocycles. The van der Waals surface area contributed by atoms with E-state index in [2.05, 4.69) is 11.0 Å². The summed E-state index contributed by atoms with van der Waals surface area (Å²) in [5, 5.41) is 8.90. The van der Waals surface area contributed by atoms with E-state index in [0.717, 1.165) is 16.8 Å². The van der Waals surface area contributed by atoms with Crippen LogP contribution in [0.2, 0.25) is 0 Å². The van der Waals surface area contributed by atoms with Crippen LogP contribution in [-0.2, 0) is 10.0 Å². The molecule has 0 aromatic heterocycles. The molecule has 6 nitrogen and oxygen atoms in total. The van der Waals surface area contributed by atoms with E-state index in [0.29, 0.717) is 37.5 Å². The highest BCUT2D eigenvalue weighted by atomic mass is 32.2. The van der Waals surface area contributed by atoms with Crippen LogP contribution < -0.4 is 9.64 Å². The molecule has 0 spiro atoms. The quantitative estimate of drug-likeness (QED) is 0.809. The van der Waals surface area contributed by atoms with Crippen molar-refractivity contribution in [2.24, 2.45) is 0 Å². The molecule has 0 saturated carbocycles. The third kappa shape index (κ3) is 3.77. The predicted molar refractivity (Wildman–Crippen MR) is 105 cm³/mol. The van der Waals surface area contributed by atoms with E-state index < -0.39 is 10.0 Å². The summed E-state index contributed by atoms with van der Waals surface area (Å²) in [5.41, 5.74) is 3.53. The van der Waals surface area contributed by atoms with E-state index in [1.54, 1.807) is 24.3 Å². The monoisotopic (exact) mass is 385 g/mol. The van der Waals surface area contributed by atoms with Crippen molar-refractivity contribution in [1.82, 2.24) is 4.31 Å². The van der Waals surface area contributed by atoms with Crippen molar-refractivity contribution in [3.8, 4) is 11.8 Å². The maximum atomic E-state index is 13.1. The summed E-state index contributed by atoms with van der Waals surface area (Å²) in [5.74, 6) is 0.382. The van der Waals surface area contributed by atoms with Gasteiger partial charge in [0.2, 0.25) is 10.0 Å². The van der Waals surface area contributed by atoms with Gasteiger partial charge in [-0.3, -0.25) is 0 Å². The molecule has 142 valence electrons. The molecule has 27 heavy (non-hydrogen) atoms. The van der Waals surface area contributed by atoms with E-state index in [-0.39, 0.29) is 4.90 Å². The normalized spacial score (nSPS) is 15.4. The number of hydrogen-bond acceptors (Lipinski definition) is 5. The summed E-state index contributed by atoms with van der Waals surface area (Å²) in [6, 6.07) is 12.9. The topological polar surface area (TPSA) is 73.6 Å². The molecule has 0 N–H and O–H groups in total. The molecule has 3 rings (SSSR count). The molecule has 1 aliphatic heterocycles. The lowest BCUT2D eigenvalue weighted by molar-refractivity contribution is 0.374. The Morgan fingerprint density at radius 3 is 2.15 bits per heavy atom. The van der Waals surface area contributed by atoms with Gasteiger partial charge in [0.05, 0.1) is 18.7 Å². The number of sulfonamides is 1. The highest BCUT2D eigenvalue weighted by molar-refractivity contribution is 7.89.